The number of carbonyl (C=O) groups is 1. The Kier molecular flexibility index (Phi) is 3.93. The molecule has 5 rings (SSSR count). The average Bonchev–Trinajstić information content (AvgIpc) is 3.11. The lowest BCUT2D eigenvalue weighted by Gasteiger charge is -2.25. The quantitative estimate of drug-likeness (QED) is 0.550. The second-order valence-corrected chi connectivity index (χ2v) is 6.93. The number of ether oxygens (including phenoxy) is 2. The molecule has 5 heteroatoms. The summed E-state index contributed by atoms with van der Waals surface area (Å²) in [6.07, 6.45) is 0.286. The Balaban J connectivity index is 1.41. The maximum Gasteiger partial charge on any atom is 0.269 e. The van der Waals surface area contributed by atoms with E-state index in [4.69, 9.17) is 9.47 Å². The summed E-state index contributed by atoms with van der Waals surface area (Å²) in [5.41, 5.74) is 4.17. The number of H-pyrrole nitrogens is 1. The number of amides is 1. The smallest absolute Gasteiger partial charge is 0.269 e. The van der Waals surface area contributed by atoms with E-state index in [1.54, 1.807) is 6.07 Å². The molecule has 0 fully saturated rings. The molecule has 1 atom stereocenters. The molecule has 2 heterocycles. The van der Waals surface area contributed by atoms with Crippen molar-refractivity contribution < 1.29 is 14.3 Å². The number of anilines is 1. The van der Waals surface area contributed by atoms with Crippen LogP contribution in [0, 0.1) is 0 Å². The van der Waals surface area contributed by atoms with Crippen LogP contribution >= 0.6 is 0 Å². The van der Waals surface area contributed by atoms with E-state index in [1.807, 2.05) is 36.4 Å². The van der Waals surface area contributed by atoms with E-state index in [-0.39, 0.29) is 12.5 Å². The van der Waals surface area contributed by atoms with Crippen LogP contribution < -0.4 is 14.8 Å². The van der Waals surface area contributed by atoms with Gasteiger partial charge in [-0.2, -0.15) is 0 Å². The monoisotopic (exact) mass is 372 g/mol. The number of rotatable bonds is 3. The molecule has 0 spiro atoms. The highest BCUT2D eigenvalue weighted by Crippen LogP contribution is 2.32. The summed E-state index contributed by atoms with van der Waals surface area (Å²) in [5.74, 6) is 1.03. The topological polar surface area (TPSA) is 63.4 Å². The Morgan fingerprint density at radius 1 is 1.07 bits per heavy atom. The van der Waals surface area contributed by atoms with Crippen LogP contribution in [0.15, 0.2) is 60.7 Å². The van der Waals surface area contributed by atoms with Gasteiger partial charge >= 0.3 is 0 Å². The van der Waals surface area contributed by atoms with Crippen LogP contribution in [0.3, 0.4) is 0 Å². The van der Waals surface area contributed by atoms with Gasteiger partial charge in [-0.05, 0) is 36.2 Å². The second kappa shape index (κ2) is 6.60. The third-order valence-corrected chi connectivity index (χ3v) is 5.17. The Labute approximate surface area is 162 Å². The molecule has 0 aliphatic carbocycles. The fourth-order valence-corrected chi connectivity index (χ4v) is 3.73. The summed E-state index contributed by atoms with van der Waals surface area (Å²) in [7, 11) is 0. The molecular weight excluding hydrogens is 352 g/mol. The molecule has 0 saturated carbocycles. The van der Waals surface area contributed by atoms with Gasteiger partial charge in [-0.15, -0.1) is 0 Å². The number of hydrogen-bond acceptors (Lipinski definition) is 3. The van der Waals surface area contributed by atoms with Crippen molar-refractivity contribution in [3.05, 3.63) is 66.2 Å². The average molecular weight is 372 g/mol. The van der Waals surface area contributed by atoms with Gasteiger partial charge in [0.25, 0.3) is 5.91 Å². The number of fused-ring (bicyclic) bond motifs is 4. The highest BCUT2D eigenvalue weighted by atomic mass is 16.6. The first-order valence-electron chi connectivity index (χ1n) is 9.45. The van der Waals surface area contributed by atoms with Gasteiger partial charge in [0.2, 0.25) is 6.10 Å². The van der Waals surface area contributed by atoms with Gasteiger partial charge in [0, 0.05) is 27.5 Å². The van der Waals surface area contributed by atoms with Crippen molar-refractivity contribution in [3.63, 3.8) is 0 Å². The van der Waals surface area contributed by atoms with Crippen LogP contribution in [0.4, 0.5) is 5.69 Å². The van der Waals surface area contributed by atoms with Gasteiger partial charge < -0.3 is 19.8 Å². The van der Waals surface area contributed by atoms with Gasteiger partial charge in [0.1, 0.15) is 6.61 Å². The minimum atomic E-state index is -0.681. The molecule has 1 aliphatic heterocycles. The Hall–Kier alpha value is -3.47. The lowest BCUT2D eigenvalue weighted by atomic mass is 10.1. The van der Waals surface area contributed by atoms with E-state index < -0.39 is 6.10 Å². The first-order chi connectivity index (χ1) is 13.7. The Morgan fingerprint density at radius 3 is 2.79 bits per heavy atom. The number of aromatic nitrogens is 1. The maximum absolute atomic E-state index is 12.7. The molecule has 1 aromatic heterocycles. The maximum atomic E-state index is 12.7. The molecule has 1 amide bonds. The third-order valence-electron chi connectivity index (χ3n) is 5.17. The van der Waals surface area contributed by atoms with E-state index in [0.29, 0.717) is 11.5 Å². The summed E-state index contributed by atoms with van der Waals surface area (Å²) >= 11 is 0. The second-order valence-electron chi connectivity index (χ2n) is 6.93. The highest BCUT2D eigenvalue weighted by Gasteiger charge is 2.27. The van der Waals surface area contributed by atoms with E-state index in [0.717, 1.165) is 28.5 Å². The molecule has 4 aromatic rings. The highest BCUT2D eigenvalue weighted by molar-refractivity contribution is 6.09. The van der Waals surface area contributed by atoms with E-state index in [9.17, 15) is 4.79 Å². The fraction of sp³-hybridized carbons (Fsp3) is 0.174. The number of aryl methyl sites for hydroxylation is 1. The van der Waals surface area contributed by atoms with Gasteiger partial charge in [0.15, 0.2) is 11.5 Å². The molecule has 28 heavy (non-hydrogen) atoms. The predicted molar refractivity (Wildman–Crippen MR) is 110 cm³/mol. The van der Waals surface area contributed by atoms with Crippen LogP contribution in [0.2, 0.25) is 0 Å². The molecule has 1 aliphatic rings. The third kappa shape index (κ3) is 2.76. The van der Waals surface area contributed by atoms with Crippen LogP contribution in [0.1, 0.15) is 12.5 Å². The number of aromatic amines is 1. The van der Waals surface area contributed by atoms with Gasteiger partial charge in [-0.1, -0.05) is 43.3 Å². The van der Waals surface area contributed by atoms with Gasteiger partial charge in [-0.3, -0.25) is 4.79 Å². The molecule has 2 N–H and O–H groups in total. The van der Waals surface area contributed by atoms with Gasteiger partial charge in [-0.25, -0.2) is 0 Å². The molecule has 1 unspecified atom stereocenters. The summed E-state index contributed by atoms with van der Waals surface area (Å²) in [5, 5.41) is 5.29. The lowest BCUT2D eigenvalue weighted by molar-refractivity contribution is -0.125. The van der Waals surface area contributed by atoms with Crippen molar-refractivity contribution in [1.82, 2.24) is 4.98 Å². The zero-order chi connectivity index (χ0) is 19.1. The van der Waals surface area contributed by atoms with Crippen LogP contribution in [0.25, 0.3) is 21.8 Å². The zero-order valence-corrected chi connectivity index (χ0v) is 15.5. The number of hydrogen-bond donors (Lipinski definition) is 2. The van der Waals surface area contributed by atoms with Gasteiger partial charge in [0.05, 0.1) is 0 Å². The number of carbonyl (C=O) groups excluding carboxylic acids is 1. The van der Waals surface area contributed by atoms with E-state index >= 15 is 0 Å². The first kappa shape index (κ1) is 16.7. The van der Waals surface area contributed by atoms with Crippen molar-refractivity contribution in [2.45, 2.75) is 19.4 Å². The Bertz CT molecular complexity index is 1200. The molecule has 0 bridgehead atoms. The number of benzene rings is 3. The number of nitrogens with one attached hydrogen (secondary N) is 2. The van der Waals surface area contributed by atoms with Crippen molar-refractivity contribution in [2.75, 3.05) is 11.9 Å². The first-order valence-corrected chi connectivity index (χ1v) is 9.45. The molecule has 0 saturated heterocycles. The standard InChI is InChI=1S/C23H20N2O3/c1-2-14-6-5-7-17-16-11-10-15(12-18(16)25-22(14)17)24-23(26)21-13-27-19-8-3-4-9-20(19)28-21/h3-12,21,25H,2,13H2,1H3,(H,24,26). The fourth-order valence-electron chi connectivity index (χ4n) is 3.73. The zero-order valence-electron chi connectivity index (χ0n) is 15.5. The molecule has 5 nitrogen and oxygen atoms in total. The van der Waals surface area contributed by atoms with E-state index in [1.165, 1.54) is 10.9 Å². The van der Waals surface area contributed by atoms with Crippen molar-refractivity contribution >= 4 is 33.4 Å². The summed E-state index contributed by atoms with van der Waals surface area (Å²) in [6, 6.07) is 19.6. The van der Waals surface area contributed by atoms with Crippen LogP contribution in [-0.2, 0) is 11.2 Å². The summed E-state index contributed by atoms with van der Waals surface area (Å²) < 4.78 is 11.4. The molecule has 0 radical (unpaired) electrons. The molecule has 3 aromatic carbocycles. The summed E-state index contributed by atoms with van der Waals surface area (Å²) in [6.45, 7) is 2.34. The van der Waals surface area contributed by atoms with Crippen molar-refractivity contribution in [1.29, 1.82) is 0 Å². The normalized spacial score (nSPS) is 15.7. The van der Waals surface area contributed by atoms with E-state index in [2.05, 4.69) is 35.4 Å². The van der Waals surface area contributed by atoms with Crippen molar-refractivity contribution in [2.24, 2.45) is 0 Å². The summed E-state index contributed by atoms with van der Waals surface area (Å²) in [4.78, 5) is 16.2. The minimum Gasteiger partial charge on any atom is -0.485 e. The van der Waals surface area contributed by atoms with Crippen LogP contribution in [0.5, 0.6) is 11.5 Å². The number of para-hydroxylation sites is 3. The van der Waals surface area contributed by atoms with Crippen molar-refractivity contribution in [3.8, 4) is 11.5 Å². The van der Waals surface area contributed by atoms with Crippen LogP contribution in [-0.4, -0.2) is 23.6 Å². The SMILES string of the molecule is CCc1cccc2c1[nH]c1cc(NC(=O)C3COc4ccccc4O3)ccc12. The largest absolute Gasteiger partial charge is 0.485 e. The minimum absolute atomic E-state index is 0.192. The predicted octanol–water partition coefficient (Wildman–Crippen LogP) is 4.66. The molecular formula is C23H20N2O3. The lowest BCUT2D eigenvalue weighted by Crippen LogP contribution is -2.40. The molecule has 140 valence electrons. The Morgan fingerprint density at radius 2 is 1.93 bits per heavy atom.